The fraction of sp³-hybridized carbons (Fsp3) is 0.222. The van der Waals surface area contributed by atoms with E-state index in [1.54, 1.807) is 6.92 Å². The monoisotopic (exact) mass is 323 g/mol. The van der Waals surface area contributed by atoms with Crippen LogP contribution < -0.4 is 9.44 Å². The van der Waals surface area contributed by atoms with Crippen LogP contribution in [0.15, 0.2) is 26.9 Å². The Labute approximate surface area is 115 Å². The van der Waals surface area contributed by atoms with Crippen LogP contribution in [0, 0.1) is 0 Å². The molecule has 7 nitrogen and oxygen atoms in total. The standard InChI is InChI=1S/C9H10ClN3O4S2/c1-2-12-18(14,15)8-4-9-7(3-6(8)10)11-5-13-19(9,16)17/h3-5,12H,2H2,1H3,(H,11,13). The van der Waals surface area contributed by atoms with Crippen molar-refractivity contribution in [3.63, 3.8) is 0 Å². The molecule has 0 radical (unpaired) electrons. The highest BCUT2D eigenvalue weighted by Crippen LogP contribution is 2.34. The van der Waals surface area contributed by atoms with Crippen LogP contribution in [0.1, 0.15) is 6.92 Å². The zero-order valence-electron chi connectivity index (χ0n) is 9.71. The van der Waals surface area contributed by atoms with Crippen molar-refractivity contribution in [1.29, 1.82) is 0 Å². The molecular weight excluding hydrogens is 314 g/mol. The van der Waals surface area contributed by atoms with Crippen molar-refractivity contribution >= 4 is 43.7 Å². The van der Waals surface area contributed by atoms with E-state index in [0.717, 1.165) is 12.4 Å². The molecule has 1 aliphatic heterocycles. The van der Waals surface area contributed by atoms with Gasteiger partial charge in [-0.25, -0.2) is 26.6 Å². The third kappa shape index (κ3) is 2.59. The first-order valence-corrected chi connectivity index (χ1v) is 8.50. The summed E-state index contributed by atoms with van der Waals surface area (Å²) in [6, 6.07) is 2.20. The summed E-state index contributed by atoms with van der Waals surface area (Å²) in [7, 11) is -7.66. The Hall–Kier alpha value is -1.16. The van der Waals surface area contributed by atoms with Gasteiger partial charge < -0.3 is 0 Å². The van der Waals surface area contributed by atoms with Gasteiger partial charge in [-0.15, -0.1) is 0 Å². The molecule has 2 N–H and O–H groups in total. The summed E-state index contributed by atoms with van der Waals surface area (Å²) in [5, 5.41) is -0.0889. The minimum absolute atomic E-state index is 0.0889. The second kappa shape index (κ2) is 4.75. The van der Waals surface area contributed by atoms with E-state index in [4.69, 9.17) is 11.6 Å². The van der Waals surface area contributed by atoms with Gasteiger partial charge in [0.2, 0.25) is 10.0 Å². The van der Waals surface area contributed by atoms with Gasteiger partial charge in [0, 0.05) is 6.54 Å². The molecule has 2 rings (SSSR count). The summed E-state index contributed by atoms with van der Waals surface area (Å²) in [6.45, 7) is 1.77. The second-order valence-corrected chi connectivity index (χ2v) is 7.46. The van der Waals surface area contributed by atoms with Gasteiger partial charge in [-0.1, -0.05) is 18.5 Å². The fourth-order valence-electron chi connectivity index (χ4n) is 1.54. The maximum Gasteiger partial charge on any atom is 0.264 e. The van der Waals surface area contributed by atoms with Crippen LogP contribution in [-0.2, 0) is 20.0 Å². The molecule has 19 heavy (non-hydrogen) atoms. The van der Waals surface area contributed by atoms with Crippen molar-refractivity contribution in [3.8, 4) is 0 Å². The van der Waals surface area contributed by atoms with Gasteiger partial charge in [0.1, 0.15) is 16.1 Å². The number of benzene rings is 1. The van der Waals surface area contributed by atoms with Crippen LogP contribution in [0.4, 0.5) is 5.69 Å². The van der Waals surface area contributed by atoms with Gasteiger partial charge in [-0.05, 0) is 12.1 Å². The van der Waals surface area contributed by atoms with Crippen LogP contribution in [0.3, 0.4) is 0 Å². The third-order valence-corrected chi connectivity index (χ3v) is 5.67. The molecule has 0 saturated carbocycles. The first-order valence-electron chi connectivity index (χ1n) is 5.16. The predicted molar refractivity (Wildman–Crippen MR) is 70.8 cm³/mol. The summed E-state index contributed by atoms with van der Waals surface area (Å²) < 4.78 is 51.6. The molecule has 10 heteroatoms. The van der Waals surface area contributed by atoms with E-state index in [1.165, 1.54) is 6.07 Å². The van der Waals surface area contributed by atoms with Crippen molar-refractivity contribution in [1.82, 2.24) is 9.44 Å². The third-order valence-electron chi connectivity index (χ3n) is 2.34. The lowest BCUT2D eigenvalue weighted by molar-refractivity contribution is 0.583. The van der Waals surface area contributed by atoms with Gasteiger partial charge >= 0.3 is 0 Å². The van der Waals surface area contributed by atoms with E-state index in [2.05, 4.69) is 14.4 Å². The summed E-state index contributed by atoms with van der Waals surface area (Å²) >= 11 is 5.87. The largest absolute Gasteiger partial charge is 0.270 e. The molecule has 0 bridgehead atoms. The van der Waals surface area contributed by atoms with E-state index < -0.39 is 20.0 Å². The lowest BCUT2D eigenvalue weighted by Crippen LogP contribution is -2.27. The summed E-state index contributed by atoms with van der Waals surface area (Å²) in [5.41, 5.74) is 0.0965. The van der Waals surface area contributed by atoms with Crippen molar-refractivity contribution < 1.29 is 16.8 Å². The first-order chi connectivity index (χ1) is 8.78. The lowest BCUT2D eigenvalue weighted by Gasteiger charge is -2.14. The molecule has 104 valence electrons. The Bertz CT molecular complexity index is 756. The van der Waals surface area contributed by atoms with Crippen molar-refractivity contribution in [2.75, 3.05) is 6.54 Å². The highest BCUT2D eigenvalue weighted by atomic mass is 35.5. The number of nitrogens with one attached hydrogen (secondary N) is 2. The smallest absolute Gasteiger partial charge is 0.264 e. The number of rotatable bonds is 3. The minimum atomic E-state index is -3.85. The highest BCUT2D eigenvalue weighted by molar-refractivity contribution is 7.90. The number of fused-ring (bicyclic) bond motifs is 1. The molecular formula is C9H10ClN3O4S2. The Kier molecular flexibility index (Phi) is 3.56. The quantitative estimate of drug-likeness (QED) is 0.849. The fourth-order valence-corrected chi connectivity index (χ4v) is 4.18. The number of hydrogen-bond donors (Lipinski definition) is 2. The average Bonchev–Trinajstić information content (AvgIpc) is 2.27. The Balaban J connectivity index is 2.71. The Morgan fingerprint density at radius 3 is 2.74 bits per heavy atom. The van der Waals surface area contributed by atoms with E-state index >= 15 is 0 Å². The maximum atomic E-state index is 11.9. The molecule has 1 heterocycles. The van der Waals surface area contributed by atoms with Crippen LogP contribution in [0.5, 0.6) is 0 Å². The number of aliphatic imine (C=N–C) groups is 1. The number of halogens is 1. The number of nitrogens with zero attached hydrogens (tertiary/aromatic N) is 1. The zero-order valence-corrected chi connectivity index (χ0v) is 12.1. The van der Waals surface area contributed by atoms with E-state index in [1.807, 2.05) is 0 Å². The van der Waals surface area contributed by atoms with Crippen molar-refractivity contribution in [2.45, 2.75) is 16.7 Å². The molecule has 0 unspecified atom stereocenters. The van der Waals surface area contributed by atoms with Crippen LogP contribution in [0.2, 0.25) is 5.02 Å². The van der Waals surface area contributed by atoms with Crippen LogP contribution in [-0.4, -0.2) is 29.7 Å². The Morgan fingerprint density at radius 1 is 1.42 bits per heavy atom. The second-order valence-electron chi connectivity index (χ2n) is 3.63. The number of sulfonamides is 2. The molecule has 1 aliphatic rings. The van der Waals surface area contributed by atoms with Crippen molar-refractivity contribution in [3.05, 3.63) is 17.2 Å². The SMILES string of the molecule is CCNS(=O)(=O)c1cc2c(cc1Cl)N=CNS2(=O)=O. The average molecular weight is 324 g/mol. The van der Waals surface area contributed by atoms with Gasteiger partial charge in [0.15, 0.2) is 0 Å². The lowest BCUT2D eigenvalue weighted by atomic mass is 10.3. The number of hydrogen-bond acceptors (Lipinski definition) is 5. The molecule has 0 aromatic heterocycles. The Morgan fingerprint density at radius 2 is 2.11 bits per heavy atom. The molecule has 0 fully saturated rings. The normalized spacial score (nSPS) is 16.7. The van der Waals surface area contributed by atoms with Gasteiger partial charge in [-0.3, -0.25) is 4.72 Å². The first kappa shape index (κ1) is 14.3. The van der Waals surface area contributed by atoms with Gasteiger partial charge in [0.05, 0.1) is 10.7 Å². The summed E-state index contributed by atoms with van der Waals surface area (Å²) in [6.07, 6.45) is 1.01. The molecule has 1 aromatic rings. The minimum Gasteiger partial charge on any atom is -0.270 e. The molecule has 0 saturated heterocycles. The predicted octanol–water partition coefficient (Wildman–Crippen LogP) is 0.590. The van der Waals surface area contributed by atoms with E-state index in [9.17, 15) is 16.8 Å². The summed E-state index contributed by atoms with van der Waals surface area (Å²) in [4.78, 5) is 3.28. The van der Waals surface area contributed by atoms with Crippen LogP contribution >= 0.6 is 11.6 Å². The van der Waals surface area contributed by atoms with Gasteiger partial charge in [-0.2, -0.15) is 0 Å². The van der Waals surface area contributed by atoms with Crippen molar-refractivity contribution in [2.24, 2.45) is 4.99 Å². The molecule has 1 aromatic carbocycles. The van der Waals surface area contributed by atoms with Crippen LogP contribution in [0.25, 0.3) is 0 Å². The summed E-state index contributed by atoms with van der Waals surface area (Å²) in [5.74, 6) is 0. The van der Waals surface area contributed by atoms with E-state index in [-0.39, 0.29) is 27.0 Å². The van der Waals surface area contributed by atoms with Gasteiger partial charge in [0.25, 0.3) is 10.0 Å². The zero-order chi connectivity index (χ0) is 14.3. The molecule has 0 aliphatic carbocycles. The highest BCUT2D eigenvalue weighted by Gasteiger charge is 2.26. The molecule has 0 amide bonds. The molecule has 0 atom stereocenters. The van der Waals surface area contributed by atoms with E-state index in [0.29, 0.717) is 0 Å². The maximum absolute atomic E-state index is 11.9. The molecule has 0 spiro atoms. The topological polar surface area (TPSA) is 105 Å².